The maximum Gasteiger partial charge on any atom is 0.346 e. The Hall–Kier alpha value is -3.75. The van der Waals surface area contributed by atoms with E-state index in [1.807, 2.05) is 0 Å². The van der Waals surface area contributed by atoms with Crippen molar-refractivity contribution >= 4 is 18.2 Å². The van der Waals surface area contributed by atoms with E-state index in [1.165, 1.54) is 32.6 Å². The first-order valence-corrected chi connectivity index (χ1v) is 8.64. The Balaban J connectivity index is 1.88. The Morgan fingerprint density at radius 2 is 1.62 bits per heavy atom. The van der Waals surface area contributed by atoms with Crippen LogP contribution in [0.15, 0.2) is 41.5 Å². The number of urea groups is 1. The van der Waals surface area contributed by atoms with Gasteiger partial charge >= 0.3 is 6.03 Å². The van der Waals surface area contributed by atoms with E-state index in [9.17, 15) is 14.7 Å². The van der Waals surface area contributed by atoms with Crippen LogP contribution in [-0.2, 0) is 10.3 Å². The van der Waals surface area contributed by atoms with Gasteiger partial charge < -0.3 is 24.6 Å². The molecule has 3 amide bonds. The summed E-state index contributed by atoms with van der Waals surface area (Å²) in [6.07, 6.45) is 1.31. The van der Waals surface area contributed by atoms with Crippen molar-refractivity contribution in [2.24, 2.45) is 5.10 Å². The summed E-state index contributed by atoms with van der Waals surface area (Å²) in [5, 5.41) is 17.4. The molecule has 2 aromatic rings. The van der Waals surface area contributed by atoms with Crippen LogP contribution in [-0.4, -0.2) is 49.6 Å². The van der Waals surface area contributed by atoms with Crippen LogP contribution in [0.2, 0.25) is 0 Å². The van der Waals surface area contributed by atoms with E-state index in [0.717, 1.165) is 5.01 Å². The van der Waals surface area contributed by atoms with Gasteiger partial charge in [-0.15, -0.1) is 5.01 Å². The van der Waals surface area contributed by atoms with E-state index in [0.29, 0.717) is 16.9 Å². The molecule has 1 unspecified atom stereocenters. The average molecular weight is 399 g/mol. The number of aromatic hydroxyl groups is 1. The molecule has 1 heterocycles. The number of carbonyl (C=O) groups excluding carboxylic acids is 2. The third kappa shape index (κ3) is 3.54. The number of imide groups is 1. The molecule has 1 fully saturated rings. The lowest BCUT2D eigenvalue weighted by atomic mass is 9.92. The molecule has 29 heavy (non-hydrogen) atoms. The number of carbonyl (C=O) groups is 2. The Bertz CT molecular complexity index is 948. The van der Waals surface area contributed by atoms with Crippen molar-refractivity contribution in [3.63, 3.8) is 0 Å². The first-order valence-electron chi connectivity index (χ1n) is 8.64. The zero-order chi connectivity index (χ0) is 21.2. The van der Waals surface area contributed by atoms with Gasteiger partial charge in [-0.25, -0.2) is 4.79 Å². The smallest absolute Gasteiger partial charge is 0.346 e. The van der Waals surface area contributed by atoms with Crippen LogP contribution < -0.4 is 19.5 Å². The van der Waals surface area contributed by atoms with Crippen LogP contribution in [0.25, 0.3) is 0 Å². The molecular formula is C20H21N3O6. The molecule has 0 bridgehead atoms. The number of amides is 3. The summed E-state index contributed by atoms with van der Waals surface area (Å²) >= 11 is 0. The number of phenols is 1. The number of rotatable bonds is 6. The van der Waals surface area contributed by atoms with Crippen molar-refractivity contribution in [1.29, 1.82) is 0 Å². The van der Waals surface area contributed by atoms with Gasteiger partial charge in [-0.2, -0.15) is 5.10 Å². The first kappa shape index (κ1) is 20.0. The highest BCUT2D eigenvalue weighted by Crippen LogP contribution is 2.37. The Kier molecular flexibility index (Phi) is 5.31. The lowest BCUT2D eigenvalue weighted by Crippen LogP contribution is -2.40. The Morgan fingerprint density at radius 3 is 2.14 bits per heavy atom. The molecule has 1 aliphatic rings. The van der Waals surface area contributed by atoms with E-state index in [4.69, 9.17) is 14.2 Å². The van der Waals surface area contributed by atoms with Gasteiger partial charge in [-0.1, -0.05) is 12.1 Å². The zero-order valence-electron chi connectivity index (χ0n) is 16.4. The molecule has 1 saturated heterocycles. The van der Waals surface area contributed by atoms with Gasteiger partial charge in [0.25, 0.3) is 5.91 Å². The van der Waals surface area contributed by atoms with Gasteiger partial charge in [0.2, 0.25) is 5.75 Å². The van der Waals surface area contributed by atoms with Crippen molar-refractivity contribution in [2.45, 2.75) is 12.5 Å². The second-order valence-electron chi connectivity index (χ2n) is 6.42. The maximum absolute atomic E-state index is 12.9. The minimum atomic E-state index is -1.26. The second-order valence-corrected chi connectivity index (χ2v) is 6.42. The van der Waals surface area contributed by atoms with Crippen molar-refractivity contribution in [1.82, 2.24) is 10.3 Å². The Labute approximate surface area is 167 Å². The quantitative estimate of drug-likeness (QED) is 0.569. The number of hydrazone groups is 1. The van der Waals surface area contributed by atoms with Crippen molar-refractivity contribution in [2.75, 3.05) is 21.3 Å². The fraction of sp³-hybridized carbons (Fsp3) is 0.250. The summed E-state index contributed by atoms with van der Waals surface area (Å²) < 4.78 is 15.3. The summed E-state index contributed by atoms with van der Waals surface area (Å²) in [7, 11) is 4.34. The maximum atomic E-state index is 12.9. The number of ether oxygens (including phenoxy) is 3. The molecule has 3 rings (SSSR count). The summed E-state index contributed by atoms with van der Waals surface area (Å²) in [6.45, 7) is 1.61. The van der Waals surface area contributed by atoms with E-state index in [-0.39, 0.29) is 17.2 Å². The van der Waals surface area contributed by atoms with Crippen LogP contribution in [0.1, 0.15) is 18.1 Å². The molecule has 0 radical (unpaired) electrons. The molecule has 2 N–H and O–H groups in total. The number of benzene rings is 2. The predicted molar refractivity (Wildman–Crippen MR) is 105 cm³/mol. The number of hydrogen-bond donors (Lipinski definition) is 2. The van der Waals surface area contributed by atoms with Crippen LogP contribution in [0.3, 0.4) is 0 Å². The second kappa shape index (κ2) is 7.70. The molecule has 152 valence electrons. The lowest BCUT2D eigenvalue weighted by molar-refractivity contribution is -0.131. The molecule has 1 aliphatic heterocycles. The van der Waals surface area contributed by atoms with Gasteiger partial charge in [0.15, 0.2) is 11.5 Å². The molecule has 2 aromatic carbocycles. The van der Waals surface area contributed by atoms with Crippen LogP contribution in [0, 0.1) is 0 Å². The minimum absolute atomic E-state index is 0.158. The summed E-state index contributed by atoms with van der Waals surface area (Å²) in [5.74, 6) is 0.298. The minimum Gasteiger partial charge on any atom is -0.502 e. The summed E-state index contributed by atoms with van der Waals surface area (Å²) in [5.41, 5.74) is -0.192. The average Bonchev–Trinajstić information content (AvgIpc) is 2.96. The number of methoxy groups -OCH3 is 3. The van der Waals surface area contributed by atoms with E-state index >= 15 is 0 Å². The van der Waals surface area contributed by atoms with Crippen molar-refractivity contribution < 1.29 is 28.9 Å². The predicted octanol–water partition coefficient (Wildman–Crippen LogP) is 2.22. The van der Waals surface area contributed by atoms with Gasteiger partial charge in [0, 0.05) is 5.56 Å². The summed E-state index contributed by atoms with van der Waals surface area (Å²) in [4.78, 5) is 25.3. The van der Waals surface area contributed by atoms with E-state index in [2.05, 4.69) is 10.4 Å². The fourth-order valence-electron chi connectivity index (χ4n) is 2.96. The highest BCUT2D eigenvalue weighted by molar-refractivity contribution is 6.07. The fourth-order valence-corrected chi connectivity index (χ4v) is 2.96. The summed E-state index contributed by atoms with van der Waals surface area (Å²) in [6, 6.07) is 9.19. The molecule has 1 atom stereocenters. The highest BCUT2D eigenvalue weighted by Gasteiger charge is 2.49. The molecule has 0 aromatic heterocycles. The zero-order valence-corrected chi connectivity index (χ0v) is 16.4. The molecule has 9 nitrogen and oxygen atoms in total. The standard InChI is InChI=1S/C20H21N3O6/c1-20(13-5-7-14(27-2)8-6-13)18(25)23(19(26)22-20)21-11-12-9-15(28-3)17(24)16(10-12)29-4/h5-11,24H,1-4H3,(H,22,26)/b21-11+. The normalized spacial score (nSPS) is 18.8. The largest absolute Gasteiger partial charge is 0.502 e. The third-order valence-electron chi connectivity index (χ3n) is 4.66. The van der Waals surface area contributed by atoms with Crippen LogP contribution >= 0.6 is 0 Å². The van der Waals surface area contributed by atoms with Gasteiger partial charge in [-0.3, -0.25) is 4.79 Å². The number of phenolic OH excluding ortho intramolecular Hbond substituents is 1. The molecule has 0 saturated carbocycles. The van der Waals surface area contributed by atoms with E-state index < -0.39 is 17.5 Å². The SMILES string of the molecule is COc1ccc(C2(C)NC(=O)N(/N=C/c3cc(OC)c(O)c(OC)c3)C2=O)cc1. The van der Waals surface area contributed by atoms with Crippen molar-refractivity contribution in [3.8, 4) is 23.0 Å². The highest BCUT2D eigenvalue weighted by atomic mass is 16.5. The van der Waals surface area contributed by atoms with Gasteiger partial charge in [0.1, 0.15) is 11.3 Å². The third-order valence-corrected chi connectivity index (χ3v) is 4.66. The van der Waals surface area contributed by atoms with Crippen LogP contribution in [0.4, 0.5) is 4.79 Å². The lowest BCUT2D eigenvalue weighted by Gasteiger charge is -2.21. The first-order chi connectivity index (χ1) is 13.8. The monoisotopic (exact) mass is 399 g/mol. The van der Waals surface area contributed by atoms with Crippen molar-refractivity contribution in [3.05, 3.63) is 47.5 Å². The van der Waals surface area contributed by atoms with Gasteiger partial charge in [0.05, 0.1) is 27.5 Å². The van der Waals surface area contributed by atoms with E-state index in [1.54, 1.807) is 38.3 Å². The number of hydrogen-bond acceptors (Lipinski definition) is 7. The molecule has 9 heteroatoms. The Morgan fingerprint density at radius 1 is 1.03 bits per heavy atom. The van der Waals surface area contributed by atoms with Gasteiger partial charge in [-0.05, 0) is 36.8 Å². The number of nitrogens with zero attached hydrogens (tertiary/aromatic N) is 2. The molecular weight excluding hydrogens is 378 g/mol. The van der Waals surface area contributed by atoms with Crippen LogP contribution in [0.5, 0.6) is 23.0 Å². The topological polar surface area (TPSA) is 110 Å². The number of nitrogens with one attached hydrogen (secondary N) is 1. The molecule has 0 spiro atoms. The molecule has 0 aliphatic carbocycles.